The van der Waals surface area contributed by atoms with E-state index in [4.69, 9.17) is 4.74 Å². The number of hydrogen-bond acceptors (Lipinski definition) is 6. The molecule has 0 unspecified atom stereocenters. The van der Waals surface area contributed by atoms with E-state index in [-0.39, 0.29) is 10.6 Å². The van der Waals surface area contributed by atoms with Gasteiger partial charge in [0, 0.05) is 0 Å². The lowest BCUT2D eigenvalue weighted by atomic mass is 10.2. The minimum atomic E-state index is -4.83. The van der Waals surface area contributed by atoms with Gasteiger partial charge in [-0.1, -0.05) is 17.7 Å². The van der Waals surface area contributed by atoms with Gasteiger partial charge in [0.2, 0.25) is 0 Å². The molecule has 0 aliphatic rings. The quantitative estimate of drug-likeness (QED) is 0.582. The Bertz CT molecular complexity index is 993. The van der Waals surface area contributed by atoms with Gasteiger partial charge in [0.25, 0.3) is 15.9 Å². The summed E-state index contributed by atoms with van der Waals surface area (Å²) >= 11 is 0. The van der Waals surface area contributed by atoms with Crippen LogP contribution in [0.1, 0.15) is 5.56 Å². The van der Waals surface area contributed by atoms with Gasteiger partial charge in [-0.3, -0.25) is 10.2 Å². The maximum atomic E-state index is 12.1. The van der Waals surface area contributed by atoms with Gasteiger partial charge in [-0.25, -0.2) is 23.4 Å². The molecule has 0 spiro atoms. The van der Waals surface area contributed by atoms with Crippen LogP contribution in [-0.4, -0.2) is 33.3 Å². The smallest absolute Gasteiger partial charge is 0.484 e. The fraction of sp³-hybridized carbons (Fsp3) is 0.176. The molecule has 0 saturated heterocycles. The van der Waals surface area contributed by atoms with Crippen LogP contribution >= 0.6 is 0 Å². The number of halogens is 3. The van der Waals surface area contributed by atoms with E-state index in [1.54, 1.807) is 23.8 Å². The van der Waals surface area contributed by atoms with Crippen LogP contribution in [0.2, 0.25) is 0 Å². The van der Waals surface area contributed by atoms with Crippen LogP contribution in [0.3, 0.4) is 0 Å². The number of nitrogens with one attached hydrogen (secondary N) is 3. The molecule has 30 heavy (non-hydrogen) atoms. The third-order valence-electron chi connectivity index (χ3n) is 3.30. The molecule has 3 amide bonds. The van der Waals surface area contributed by atoms with Crippen LogP contribution in [0.25, 0.3) is 0 Å². The van der Waals surface area contributed by atoms with Gasteiger partial charge in [-0.05, 0) is 43.3 Å². The molecule has 2 rings (SSSR count). The zero-order valence-electron chi connectivity index (χ0n) is 15.3. The van der Waals surface area contributed by atoms with Gasteiger partial charge in [0.1, 0.15) is 11.5 Å². The Morgan fingerprint density at radius 2 is 1.50 bits per heavy atom. The molecule has 162 valence electrons. The predicted octanol–water partition coefficient (Wildman–Crippen LogP) is 1.99. The van der Waals surface area contributed by atoms with Gasteiger partial charge in [-0.15, -0.1) is 13.2 Å². The van der Waals surface area contributed by atoms with Gasteiger partial charge in [-0.2, -0.15) is 0 Å². The van der Waals surface area contributed by atoms with Crippen molar-refractivity contribution < 1.29 is 40.7 Å². The third kappa shape index (κ3) is 7.50. The lowest BCUT2D eigenvalue weighted by Gasteiger charge is -2.11. The molecule has 0 saturated carbocycles. The molecule has 0 bridgehead atoms. The molecular formula is C17H16F3N3O6S. The van der Waals surface area contributed by atoms with Crippen molar-refractivity contribution in [2.45, 2.75) is 18.2 Å². The van der Waals surface area contributed by atoms with Crippen molar-refractivity contribution in [2.75, 3.05) is 6.61 Å². The number of rotatable bonds is 6. The Morgan fingerprint density at radius 1 is 0.933 bits per heavy atom. The summed E-state index contributed by atoms with van der Waals surface area (Å²) in [5.74, 6) is -1.26. The number of ether oxygens (including phenoxy) is 2. The molecule has 0 heterocycles. The first-order chi connectivity index (χ1) is 13.9. The number of carbonyl (C=O) groups excluding carboxylic acids is 2. The third-order valence-corrected chi connectivity index (χ3v) is 4.65. The fourth-order valence-electron chi connectivity index (χ4n) is 1.97. The van der Waals surface area contributed by atoms with Crippen LogP contribution in [0.4, 0.5) is 18.0 Å². The molecule has 0 aromatic heterocycles. The van der Waals surface area contributed by atoms with Crippen LogP contribution < -0.4 is 25.0 Å². The number of benzene rings is 2. The first-order valence-corrected chi connectivity index (χ1v) is 9.60. The summed E-state index contributed by atoms with van der Waals surface area (Å²) in [7, 11) is -4.13. The summed E-state index contributed by atoms with van der Waals surface area (Å²) in [4.78, 5) is 23.2. The summed E-state index contributed by atoms with van der Waals surface area (Å²) in [6, 6.07) is 8.76. The van der Waals surface area contributed by atoms with E-state index in [0.717, 1.165) is 29.8 Å². The highest BCUT2D eigenvalue weighted by molar-refractivity contribution is 7.90. The Kier molecular flexibility index (Phi) is 7.10. The second-order valence-electron chi connectivity index (χ2n) is 5.73. The summed E-state index contributed by atoms with van der Waals surface area (Å²) in [6.45, 7) is 1.16. The number of urea groups is 1. The molecular weight excluding hydrogens is 431 g/mol. The summed E-state index contributed by atoms with van der Waals surface area (Å²) in [6.07, 6.45) is -4.83. The highest BCUT2D eigenvalue weighted by Gasteiger charge is 2.31. The SMILES string of the molecule is Cc1ccc(S(=O)(=O)NC(=O)NNC(=O)COc2ccc(OC(F)(F)F)cc2)cc1. The normalized spacial score (nSPS) is 11.3. The highest BCUT2D eigenvalue weighted by Crippen LogP contribution is 2.24. The molecule has 13 heteroatoms. The first-order valence-electron chi connectivity index (χ1n) is 8.11. The number of sulfonamides is 1. The lowest BCUT2D eigenvalue weighted by Crippen LogP contribution is -2.49. The Hall–Kier alpha value is -3.48. The topological polar surface area (TPSA) is 123 Å². The second kappa shape index (κ2) is 9.35. The van der Waals surface area contributed by atoms with Crippen molar-refractivity contribution in [1.82, 2.24) is 15.6 Å². The van der Waals surface area contributed by atoms with E-state index in [1.165, 1.54) is 12.1 Å². The molecule has 2 aromatic carbocycles. The molecule has 0 aliphatic heterocycles. The van der Waals surface area contributed by atoms with Crippen LogP contribution in [0.15, 0.2) is 53.4 Å². The largest absolute Gasteiger partial charge is 0.573 e. The monoisotopic (exact) mass is 447 g/mol. The summed E-state index contributed by atoms with van der Waals surface area (Å²) in [5.41, 5.74) is 4.58. The van der Waals surface area contributed by atoms with E-state index in [1.807, 2.05) is 10.9 Å². The van der Waals surface area contributed by atoms with Crippen molar-refractivity contribution in [1.29, 1.82) is 0 Å². The zero-order chi connectivity index (χ0) is 22.4. The van der Waals surface area contributed by atoms with E-state index >= 15 is 0 Å². The van der Waals surface area contributed by atoms with Gasteiger partial charge >= 0.3 is 12.4 Å². The Morgan fingerprint density at radius 3 is 2.07 bits per heavy atom. The Labute approximate surface area is 169 Å². The Balaban J connectivity index is 1.77. The number of aryl methyl sites for hydroxylation is 1. The van der Waals surface area contributed by atoms with Gasteiger partial charge in [0.15, 0.2) is 6.61 Å². The second-order valence-corrected chi connectivity index (χ2v) is 7.41. The van der Waals surface area contributed by atoms with Crippen LogP contribution in [0.5, 0.6) is 11.5 Å². The molecule has 2 aromatic rings. The van der Waals surface area contributed by atoms with E-state index in [9.17, 15) is 31.2 Å². The van der Waals surface area contributed by atoms with Crippen LogP contribution in [0, 0.1) is 6.92 Å². The molecule has 9 nitrogen and oxygen atoms in total. The molecule has 0 aliphatic carbocycles. The van der Waals surface area contributed by atoms with E-state index < -0.39 is 40.7 Å². The zero-order valence-corrected chi connectivity index (χ0v) is 16.1. The van der Waals surface area contributed by atoms with Crippen molar-refractivity contribution in [2.24, 2.45) is 0 Å². The maximum Gasteiger partial charge on any atom is 0.573 e. The average Bonchev–Trinajstić information content (AvgIpc) is 2.64. The molecule has 3 N–H and O–H groups in total. The van der Waals surface area contributed by atoms with Gasteiger partial charge < -0.3 is 9.47 Å². The lowest BCUT2D eigenvalue weighted by molar-refractivity contribution is -0.274. The predicted molar refractivity (Wildman–Crippen MR) is 96.8 cm³/mol. The number of hydrogen-bond donors (Lipinski definition) is 3. The molecule has 0 radical (unpaired) electrons. The first kappa shape index (κ1) is 22.8. The number of amides is 3. The minimum absolute atomic E-state index is 0.0612. The van der Waals surface area contributed by atoms with E-state index in [2.05, 4.69) is 4.74 Å². The minimum Gasteiger partial charge on any atom is -0.484 e. The van der Waals surface area contributed by atoms with Crippen molar-refractivity contribution in [3.8, 4) is 11.5 Å². The molecule has 0 fully saturated rings. The van der Waals surface area contributed by atoms with Crippen molar-refractivity contribution in [3.63, 3.8) is 0 Å². The van der Waals surface area contributed by atoms with Crippen LogP contribution in [-0.2, 0) is 14.8 Å². The fourth-order valence-corrected chi connectivity index (χ4v) is 2.88. The van der Waals surface area contributed by atoms with Crippen molar-refractivity contribution in [3.05, 3.63) is 54.1 Å². The molecule has 0 atom stereocenters. The summed E-state index contributed by atoms with van der Waals surface area (Å²) in [5, 5.41) is 0. The number of hydrazine groups is 1. The maximum absolute atomic E-state index is 12.1. The highest BCUT2D eigenvalue weighted by atomic mass is 32.2. The number of alkyl halides is 3. The number of carbonyl (C=O) groups is 2. The van der Waals surface area contributed by atoms with Crippen molar-refractivity contribution >= 4 is 22.0 Å². The van der Waals surface area contributed by atoms with Gasteiger partial charge in [0.05, 0.1) is 4.90 Å². The van der Waals surface area contributed by atoms with E-state index in [0.29, 0.717) is 0 Å². The average molecular weight is 447 g/mol. The summed E-state index contributed by atoms with van der Waals surface area (Å²) < 4.78 is 70.7. The standard InChI is InChI=1S/C17H16F3N3O6S/c1-11-2-8-14(9-3-11)30(26,27)23-16(25)22-21-15(24)10-28-12-4-6-13(7-5-12)29-17(18,19)20/h2-9H,10H2,1H3,(H,21,24)(H2,22,23,25).